The molecular formula is C11H14ClN3O. The van der Waals surface area contributed by atoms with E-state index in [2.05, 4.69) is 4.98 Å². The lowest BCUT2D eigenvalue weighted by atomic mass is 10.3. The molecule has 0 aliphatic heterocycles. The van der Waals surface area contributed by atoms with Crippen molar-refractivity contribution in [3.63, 3.8) is 0 Å². The first kappa shape index (κ1) is 11.2. The Balaban J connectivity index is 2.34. The minimum absolute atomic E-state index is 0.497. The second-order valence-corrected chi connectivity index (χ2v) is 3.89. The summed E-state index contributed by atoms with van der Waals surface area (Å²) in [5.41, 5.74) is 7.65. The van der Waals surface area contributed by atoms with Gasteiger partial charge in [0.05, 0.1) is 17.6 Å². The van der Waals surface area contributed by atoms with Crippen LogP contribution in [0.3, 0.4) is 0 Å². The number of nitrogen functional groups attached to an aromatic ring is 1. The lowest BCUT2D eigenvalue weighted by Crippen LogP contribution is -2.08. The highest BCUT2D eigenvalue weighted by Gasteiger charge is 2.07. The Morgan fingerprint density at radius 2 is 2.31 bits per heavy atom. The van der Waals surface area contributed by atoms with E-state index in [0.29, 0.717) is 30.7 Å². The number of anilines is 1. The van der Waals surface area contributed by atoms with Crippen LogP contribution < -0.4 is 5.73 Å². The molecule has 1 heterocycles. The third-order valence-corrected chi connectivity index (χ3v) is 2.64. The van der Waals surface area contributed by atoms with E-state index in [1.807, 2.05) is 29.7 Å². The van der Waals surface area contributed by atoms with E-state index in [9.17, 15) is 0 Å². The molecule has 86 valence electrons. The maximum Gasteiger partial charge on any atom is 0.201 e. The number of hydrogen-bond acceptors (Lipinski definition) is 3. The van der Waals surface area contributed by atoms with Crippen molar-refractivity contribution in [2.24, 2.45) is 0 Å². The van der Waals surface area contributed by atoms with Gasteiger partial charge in [-0.05, 0) is 25.1 Å². The van der Waals surface area contributed by atoms with Gasteiger partial charge in [0.2, 0.25) is 5.95 Å². The molecule has 1 aromatic heterocycles. The molecule has 0 saturated heterocycles. The van der Waals surface area contributed by atoms with E-state index >= 15 is 0 Å². The molecule has 0 aliphatic rings. The molecule has 2 aromatic rings. The highest BCUT2D eigenvalue weighted by molar-refractivity contribution is 6.31. The zero-order valence-corrected chi connectivity index (χ0v) is 9.87. The number of rotatable bonds is 4. The number of nitrogens with two attached hydrogens (primary N) is 1. The number of aromatic nitrogens is 2. The molecule has 0 aliphatic carbocycles. The fraction of sp³-hybridized carbons (Fsp3) is 0.364. The predicted molar refractivity (Wildman–Crippen MR) is 65.6 cm³/mol. The van der Waals surface area contributed by atoms with Crippen LogP contribution in [0.2, 0.25) is 5.02 Å². The van der Waals surface area contributed by atoms with Gasteiger partial charge < -0.3 is 15.0 Å². The van der Waals surface area contributed by atoms with E-state index in [0.717, 1.165) is 11.0 Å². The molecule has 0 radical (unpaired) electrons. The normalized spacial score (nSPS) is 11.1. The summed E-state index contributed by atoms with van der Waals surface area (Å²) >= 11 is 5.95. The fourth-order valence-electron chi connectivity index (χ4n) is 1.65. The Morgan fingerprint density at radius 3 is 3.06 bits per heavy atom. The van der Waals surface area contributed by atoms with Gasteiger partial charge >= 0.3 is 0 Å². The first-order chi connectivity index (χ1) is 7.72. The van der Waals surface area contributed by atoms with Gasteiger partial charge in [-0.15, -0.1) is 0 Å². The zero-order chi connectivity index (χ0) is 11.5. The van der Waals surface area contributed by atoms with Crippen molar-refractivity contribution < 1.29 is 4.74 Å². The molecule has 2 N–H and O–H groups in total. The molecule has 0 unspecified atom stereocenters. The SMILES string of the molecule is CCOCCn1c(N)nc2ccc(Cl)cc21. The number of halogens is 1. The number of nitrogens with zero attached hydrogens (tertiary/aromatic N) is 2. The quantitative estimate of drug-likeness (QED) is 0.833. The first-order valence-electron chi connectivity index (χ1n) is 5.21. The standard InChI is InChI=1S/C11H14ClN3O/c1-2-16-6-5-15-10-7-8(12)3-4-9(10)14-11(15)13/h3-4,7H,2,5-6H2,1H3,(H2,13,14). The summed E-state index contributed by atoms with van der Waals surface area (Å²) < 4.78 is 7.22. The third-order valence-electron chi connectivity index (χ3n) is 2.40. The fourth-order valence-corrected chi connectivity index (χ4v) is 1.82. The predicted octanol–water partition coefficient (Wildman–Crippen LogP) is 2.31. The van der Waals surface area contributed by atoms with Crippen molar-refractivity contribution in [2.45, 2.75) is 13.5 Å². The van der Waals surface area contributed by atoms with Crippen molar-refractivity contribution in [2.75, 3.05) is 18.9 Å². The van der Waals surface area contributed by atoms with Gasteiger partial charge in [-0.3, -0.25) is 0 Å². The lowest BCUT2D eigenvalue weighted by molar-refractivity contribution is 0.140. The van der Waals surface area contributed by atoms with Crippen molar-refractivity contribution in [3.8, 4) is 0 Å². The number of imidazole rings is 1. The van der Waals surface area contributed by atoms with E-state index in [1.54, 1.807) is 0 Å². The largest absolute Gasteiger partial charge is 0.380 e. The summed E-state index contributed by atoms with van der Waals surface area (Å²) in [4.78, 5) is 4.26. The molecule has 0 saturated carbocycles. The summed E-state index contributed by atoms with van der Waals surface area (Å²) in [5.74, 6) is 0.497. The smallest absolute Gasteiger partial charge is 0.201 e. The molecule has 16 heavy (non-hydrogen) atoms. The monoisotopic (exact) mass is 239 g/mol. The Bertz CT molecular complexity index is 495. The van der Waals surface area contributed by atoms with E-state index < -0.39 is 0 Å². The molecule has 0 fully saturated rings. The van der Waals surface area contributed by atoms with Crippen LogP contribution in [0.1, 0.15) is 6.92 Å². The summed E-state index contributed by atoms with van der Waals surface area (Å²) in [6.07, 6.45) is 0. The lowest BCUT2D eigenvalue weighted by Gasteiger charge is -2.06. The van der Waals surface area contributed by atoms with Crippen molar-refractivity contribution in [1.82, 2.24) is 9.55 Å². The number of hydrogen-bond donors (Lipinski definition) is 1. The average molecular weight is 240 g/mol. The highest BCUT2D eigenvalue weighted by Crippen LogP contribution is 2.21. The molecule has 0 atom stereocenters. The van der Waals surface area contributed by atoms with Crippen LogP contribution in [0.5, 0.6) is 0 Å². The summed E-state index contributed by atoms with van der Waals surface area (Å²) in [6.45, 7) is 3.98. The Hall–Kier alpha value is -1.26. The second-order valence-electron chi connectivity index (χ2n) is 3.45. The molecule has 0 amide bonds. The van der Waals surface area contributed by atoms with Crippen LogP contribution in [0.15, 0.2) is 18.2 Å². The average Bonchev–Trinajstić information content (AvgIpc) is 2.56. The third kappa shape index (κ3) is 2.13. The molecule has 5 heteroatoms. The van der Waals surface area contributed by atoms with Gasteiger partial charge in [0.25, 0.3) is 0 Å². The van der Waals surface area contributed by atoms with Gasteiger partial charge in [-0.1, -0.05) is 11.6 Å². The topological polar surface area (TPSA) is 53.1 Å². The Morgan fingerprint density at radius 1 is 1.50 bits per heavy atom. The van der Waals surface area contributed by atoms with Gasteiger partial charge in [0.15, 0.2) is 0 Å². The van der Waals surface area contributed by atoms with Crippen LogP contribution >= 0.6 is 11.6 Å². The van der Waals surface area contributed by atoms with E-state index in [1.165, 1.54) is 0 Å². The van der Waals surface area contributed by atoms with Gasteiger partial charge in [-0.2, -0.15) is 0 Å². The summed E-state index contributed by atoms with van der Waals surface area (Å²) in [6, 6.07) is 5.54. The number of benzene rings is 1. The zero-order valence-electron chi connectivity index (χ0n) is 9.11. The van der Waals surface area contributed by atoms with Crippen molar-refractivity contribution in [1.29, 1.82) is 0 Å². The van der Waals surface area contributed by atoms with Crippen LogP contribution in [-0.2, 0) is 11.3 Å². The van der Waals surface area contributed by atoms with Gasteiger partial charge in [-0.25, -0.2) is 4.98 Å². The van der Waals surface area contributed by atoms with Gasteiger partial charge in [0.1, 0.15) is 0 Å². The molecule has 4 nitrogen and oxygen atoms in total. The first-order valence-corrected chi connectivity index (χ1v) is 5.59. The highest BCUT2D eigenvalue weighted by atomic mass is 35.5. The minimum Gasteiger partial charge on any atom is -0.380 e. The van der Waals surface area contributed by atoms with Gasteiger partial charge in [0, 0.05) is 18.2 Å². The molecule has 0 spiro atoms. The van der Waals surface area contributed by atoms with Crippen LogP contribution in [0.4, 0.5) is 5.95 Å². The molecular weight excluding hydrogens is 226 g/mol. The van der Waals surface area contributed by atoms with Crippen molar-refractivity contribution in [3.05, 3.63) is 23.2 Å². The Kier molecular flexibility index (Phi) is 3.31. The van der Waals surface area contributed by atoms with Crippen molar-refractivity contribution >= 4 is 28.6 Å². The molecule has 1 aromatic carbocycles. The van der Waals surface area contributed by atoms with Crippen LogP contribution in [0, 0.1) is 0 Å². The Labute approximate surface area is 99.0 Å². The summed E-state index contributed by atoms with van der Waals surface area (Å²) in [7, 11) is 0. The number of ether oxygens (including phenoxy) is 1. The summed E-state index contributed by atoms with van der Waals surface area (Å²) in [5, 5.41) is 0.685. The van der Waals surface area contributed by atoms with Crippen LogP contribution in [-0.4, -0.2) is 22.8 Å². The molecule has 0 bridgehead atoms. The maximum atomic E-state index is 5.95. The molecule has 2 rings (SSSR count). The maximum absolute atomic E-state index is 5.95. The van der Waals surface area contributed by atoms with E-state index in [-0.39, 0.29) is 0 Å². The second kappa shape index (κ2) is 4.72. The van der Waals surface area contributed by atoms with Crippen LogP contribution in [0.25, 0.3) is 11.0 Å². The minimum atomic E-state index is 0.497. The number of fused-ring (bicyclic) bond motifs is 1. The van der Waals surface area contributed by atoms with E-state index in [4.69, 9.17) is 22.1 Å².